The van der Waals surface area contributed by atoms with E-state index >= 15 is 0 Å². The molecule has 6 aromatic rings. The number of hydrogen-bond acceptors (Lipinski definition) is 0. The van der Waals surface area contributed by atoms with Crippen molar-refractivity contribution in [2.75, 3.05) is 0 Å². The second-order valence-electron chi connectivity index (χ2n) is 10.7. The molecule has 0 N–H and O–H groups in total. The molecule has 0 amide bonds. The summed E-state index contributed by atoms with van der Waals surface area (Å²) in [6, 6.07) is 39.5. The molecule has 0 radical (unpaired) electrons. The number of fused-ring (bicyclic) bond motifs is 2. The van der Waals surface area contributed by atoms with E-state index < -0.39 is 18.9 Å². The van der Waals surface area contributed by atoms with Crippen LogP contribution >= 0.6 is 17.0 Å². The molecular weight excluding hydrogens is 607 g/mol. The molecule has 0 saturated heterocycles. The van der Waals surface area contributed by atoms with Gasteiger partial charge in [0, 0.05) is 0 Å². The number of aryl methyl sites for hydroxylation is 4. The molecule has 0 aliphatic rings. The zero-order valence-corrected chi connectivity index (χ0v) is 28.1. The van der Waals surface area contributed by atoms with E-state index in [2.05, 4.69) is 137 Å². The largest absolute Gasteiger partial charge is 0.165 e. The van der Waals surface area contributed by atoms with Crippen molar-refractivity contribution >= 4 is 41.8 Å². The minimum absolute atomic E-state index is 1.24. The Morgan fingerprint density at radius 2 is 0.900 bits per heavy atom. The van der Waals surface area contributed by atoms with Crippen LogP contribution in [0.1, 0.15) is 36.1 Å². The molecule has 0 atom stereocenters. The Morgan fingerprint density at radius 3 is 1.23 bits per heavy atom. The maximum Gasteiger partial charge on any atom is -0.0279 e. The van der Waals surface area contributed by atoms with Crippen LogP contribution in [-0.2, 0) is 18.9 Å². The molecular formula is C37H36Cl2Zr-2. The number of hydrogen-bond donors (Lipinski definition) is 0. The first-order valence-corrected chi connectivity index (χ1v) is 21.1. The summed E-state index contributed by atoms with van der Waals surface area (Å²) in [6.45, 7) is 12.5. The molecule has 0 unspecified atom stereocenters. The van der Waals surface area contributed by atoms with E-state index in [1.807, 2.05) is 13.8 Å². The number of halogens is 2. The van der Waals surface area contributed by atoms with Gasteiger partial charge in [0.1, 0.15) is 0 Å². The molecule has 0 spiro atoms. The summed E-state index contributed by atoms with van der Waals surface area (Å²) >= 11 is -1.84. The van der Waals surface area contributed by atoms with E-state index in [9.17, 15) is 0 Å². The Bertz CT molecular complexity index is 1610. The van der Waals surface area contributed by atoms with Gasteiger partial charge in [-0.25, -0.2) is 0 Å². The SMILES string of the molecule is C[C](C)=[Zr]([Cl])[Cl].Cc1ccc(-c2cccc3[cH-]c(C)cc23)cc1.Cc1ccc(-c2cccc3[cH-]c(C)cc23)cc1. The van der Waals surface area contributed by atoms with Crippen molar-refractivity contribution in [2.24, 2.45) is 0 Å². The van der Waals surface area contributed by atoms with Crippen molar-refractivity contribution in [2.45, 2.75) is 41.5 Å². The minimum atomic E-state index is -1.84. The van der Waals surface area contributed by atoms with Gasteiger partial charge in [-0.15, -0.1) is 69.1 Å². The molecule has 0 fully saturated rings. The molecule has 0 saturated carbocycles. The van der Waals surface area contributed by atoms with Gasteiger partial charge in [-0.3, -0.25) is 0 Å². The third kappa shape index (κ3) is 7.79. The summed E-state index contributed by atoms with van der Waals surface area (Å²) in [5.41, 5.74) is 10.5. The Labute approximate surface area is 254 Å². The third-order valence-electron chi connectivity index (χ3n) is 6.89. The summed E-state index contributed by atoms with van der Waals surface area (Å²) in [5.74, 6) is 0. The van der Waals surface area contributed by atoms with Gasteiger partial charge in [-0.2, -0.15) is 12.1 Å². The first kappa shape index (κ1) is 30.4. The fourth-order valence-corrected chi connectivity index (χ4v) is 4.74. The maximum absolute atomic E-state index is 5.54. The zero-order chi connectivity index (χ0) is 28.8. The zero-order valence-electron chi connectivity index (χ0n) is 24.1. The van der Waals surface area contributed by atoms with Crippen LogP contribution in [0.2, 0.25) is 0 Å². The van der Waals surface area contributed by atoms with E-state index in [1.165, 1.54) is 69.3 Å². The van der Waals surface area contributed by atoms with Crippen molar-refractivity contribution < 1.29 is 18.9 Å². The van der Waals surface area contributed by atoms with Crippen molar-refractivity contribution in [1.29, 1.82) is 0 Å². The molecule has 0 nitrogen and oxygen atoms in total. The average molecular weight is 643 g/mol. The van der Waals surface area contributed by atoms with Gasteiger partial charge in [0.25, 0.3) is 0 Å². The Balaban J connectivity index is 0.000000155. The molecule has 3 heteroatoms. The van der Waals surface area contributed by atoms with E-state index in [1.54, 1.807) is 0 Å². The quantitative estimate of drug-likeness (QED) is 0.165. The van der Waals surface area contributed by atoms with E-state index in [0.29, 0.717) is 0 Å². The Hall–Kier alpha value is -2.57. The van der Waals surface area contributed by atoms with Crippen LogP contribution in [0, 0.1) is 27.7 Å². The summed E-state index contributed by atoms with van der Waals surface area (Å²) < 4.78 is 1.24. The van der Waals surface area contributed by atoms with Gasteiger partial charge in [0.05, 0.1) is 0 Å². The second-order valence-corrected chi connectivity index (χ2v) is 20.0. The first-order chi connectivity index (χ1) is 19.1. The van der Waals surface area contributed by atoms with Gasteiger partial charge >= 0.3 is 53.0 Å². The first-order valence-electron chi connectivity index (χ1n) is 13.6. The van der Waals surface area contributed by atoms with E-state index in [-0.39, 0.29) is 0 Å². The predicted octanol–water partition coefficient (Wildman–Crippen LogP) is 11.8. The number of rotatable bonds is 2. The van der Waals surface area contributed by atoms with Crippen LogP contribution in [0.3, 0.4) is 0 Å². The summed E-state index contributed by atoms with van der Waals surface area (Å²) in [7, 11) is 11.1. The summed E-state index contributed by atoms with van der Waals surface area (Å²) in [5, 5.41) is 5.38. The van der Waals surface area contributed by atoms with Crippen LogP contribution in [-0.4, -0.2) is 3.21 Å². The topological polar surface area (TPSA) is 0 Å². The molecule has 0 aromatic heterocycles. The molecule has 204 valence electrons. The Morgan fingerprint density at radius 1 is 0.550 bits per heavy atom. The van der Waals surface area contributed by atoms with Gasteiger partial charge in [0.15, 0.2) is 0 Å². The minimum Gasteiger partial charge on any atom is -0.165 e. The van der Waals surface area contributed by atoms with Gasteiger partial charge in [0.2, 0.25) is 0 Å². The fraction of sp³-hybridized carbons (Fsp3) is 0.162. The monoisotopic (exact) mass is 640 g/mol. The molecule has 40 heavy (non-hydrogen) atoms. The van der Waals surface area contributed by atoms with Gasteiger partial charge in [-0.1, -0.05) is 96.8 Å². The van der Waals surface area contributed by atoms with E-state index in [0.717, 1.165) is 0 Å². The Kier molecular flexibility index (Phi) is 10.5. The van der Waals surface area contributed by atoms with Crippen molar-refractivity contribution in [1.82, 2.24) is 0 Å². The predicted molar refractivity (Wildman–Crippen MR) is 177 cm³/mol. The molecule has 0 heterocycles. The third-order valence-corrected chi connectivity index (χ3v) is 13.2. The van der Waals surface area contributed by atoms with E-state index in [4.69, 9.17) is 17.0 Å². The standard InChI is InChI=1S/2C17H15.C3H6.2ClH.Zr/c2*1-12-6-8-14(9-7-12)16-5-3-4-15-10-13(2)11-17(15)16;1-3-2;;;/h2*3-11H,1-2H3;1-2H3;2*1H;/q2*-1;;;;+2/p-2. The number of benzene rings is 4. The molecule has 6 rings (SSSR count). The normalized spacial score (nSPS) is 10.5. The molecule has 0 aliphatic heterocycles. The second kappa shape index (κ2) is 13.9. The fourth-order valence-electron chi connectivity index (χ4n) is 4.74. The smallest absolute Gasteiger partial charge is 0.0279 e. The van der Waals surface area contributed by atoms with Gasteiger partial charge in [-0.05, 0) is 25.0 Å². The van der Waals surface area contributed by atoms with Gasteiger partial charge < -0.3 is 0 Å². The molecule has 0 bridgehead atoms. The van der Waals surface area contributed by atoms with Crippen molar-refractivity contribution in [3.63, 3.8) is 0 Å². The molecule has 0 aliphatic carbocycles. The summed E-state index contributed by atoms with van der Waals surface area (Å²) in [4.78, 5) is 0. The van der Waals surface area contributed by atoms with Crippen molar-refractivity contribution in [3.8, 4) is 22.3 Å². The average Bonchev–Trinajstić information content (AvgIpc) is 3.51. The van der Waals surface area contributed by atoms with Crippen LogP contribution in [0.25, 0.3) is 43.8 Å². The van der Waals surface area contributed by atoms with Crippen LogP contribution in [0.4, 0.5) is 0 Å². The van der Waals surface area contributed by atoms with Crippen LogP contribution in [0.5, 0.6) is 0 Å². The van der Waals surface area contributed by atoms with Crippen LogP contribution in [0.15, 0.2) is 109 Å². The summed E-state index contributed by atoms with van der Waals surface area (Å²) in [6.07, 6.45) is 0. The van der Waals surface area contributed by atoms with Crippen molar-refractivity contribution in [3.05, 3.63) is 131 Å². The maximum atomic E-state index is 5.54. The van der Waals surface area contributed by atoms with Crippen LogP contribution < -0.4 is 0 Å². The molecule has 6 aromatic carbocycles.